The number of hydrogen-bond donors (Lipinski definition) is 1. The van der Waals surface area contributed by atoms with Gasteiger partial charge in [0.05, 0.1) is 5.52 Å². The summed E-state index contributed by atoms with van der Waals surface area (Å²) in [6.45, 7) is 2.94. The van der Waals surface area contributed by atoms with Gasteiger partial charge in [0.15, 0.2) is 5.69 Å². The second-order valence-corrected chi connectivity index (χ2v) is 6.93. The SMILES string of the molecule is CN1CCC2(CC1)CCN2C(=O)c1n[nH]c2ccc(Cl)cc12. The number of H-pyrrole nitrogens is 1. The lowest BCUT2D eigenvalue weighted by Crippen LogP contribution is -2.65. The van der Waals surface area contributed by atoms with Crippen molar-refractivity contribution in [2.45, 2.75) is 24.8 Å². The van der Waals surface area contributed by atoms with E-state index in [4.69, 9.17) is 11.6 Å². The third-order valence-corrected chi connectivity index (χ3v) is 5.50. The molecule has 0 atom stereocenters. The fraction of sp³-hybridized carbons (Fsp3) is 0.500. The van der Waals surface area contributed by atoms with E-state index < -0.39 is 0 Å². The molecule has 2 aliphatic rings. The summed E-state index contributed by atoms with van der Waals surface area (Å²) in [5, 5.41) is 8.62. The van der Waals surface area contributed by atoms with E-state index >= 15 is 0 Å². The van der Waals surface area contributed by atoms with Gasteiger partial charge in [-0.25, -0.2) is 0 Å². The molecule has 22 heavy (non-hydrogen) atoms. The Bertz CT molecular complexity index is 733. The molecule has 0 bridgehead atoms. The number of hydrogen-bond acceptors (Lipinski definition) is 3. The van der Waals surface area contributed by atoms with Crippen LogP contribution in [0.25, 0.3) is 10.9 Å². The Morgan fingerprint density at radius 2 is 2.00 bits per heavy atom. The number of benzene rings is 1. The second kappa shape index (κ2) is 4.96. The van der Waals surface area contributed by atoms with Crippen LogP contribution in [0.4, 0.5) is 0 Å². The van der Waals surface area contributed by atoms with Gasteiger partial charge in [-0.15, -0.1) is 0 Å². The molecular weight excluding hydrogens is 300 g/mol. The Kier molecular flexibility index (Phi) is 3.16. The maximum absolute atomic E-state index is 13.0. The summed E-state index contributed by atoms with van der Waals surface area (Å²) < 4.78 is 0. The van der Waals surface area contributed by atoms with Gasteiger partial charge in [-0.3, -0.25) is 9.89 Å². The van der Waals surface area contributed by atoms with Gasteiger partial charge in [0.25, 0.3) is 5.91 Å². The first-order valence-electron chi connectivity index (χ1n) is 7.73. The number of carbonyl (C=O) groups excluding carboxylic acids is 1. The molecule has 0 aliphatic carbocycles. The largest absolute Gasteiger partial charge is 0.331 e. The van der Waals surface area contributed by atoms with Gasteiger partial charge in [-0.05, 0) is 44.5 Å². The third kappa shape index (κ3) is 2.03. The first-order chi connectivity index (χ1) is 10.6. The van der Waals surface area contributed by atoms with Crippen molar-refractivity contribution in [3.8, 4) is 0 Å². The fourth-order valence-corrected chi connectivity index (χ4v) is 3.86. The molecule has 2 fully saturated rings. The van der Waals surface area contributed by atoms with E-state index in [0.717, 1.165) is 49.8 Å². The second-order valence-electron chi connectivity index (χ2n) is 6.50. The van der Waals surface area contributed by atoms with Crippen LogP contribution in [0.15, 0.2) is 18.2 Å². The lowest BCUT2D eigenvalue weighted by Gasteiger charge is -2.56. The quantitative estimate of drug-likeness (QED) is 0.879. The van der Waals surface area contributed by atoms with E-state index in [2.05, 4.69) is 22.1 Å². The molecule has 0 radical (unpaired) electrons. The number of amides is 1. The van der Waals surface area contributed by atoms with Gasteiger partial charge in [0.1, 0.15) is 0 Å². The molecule has 2 aliphatic heterocycles. The number of halogens is 1. The van der Waals surface area contributed by atoms with E-state index in [1.165, 1.54) is 0 Å². The van der Waals surface area contributed by atoms with Crippen LogP contribution in [0.2, 0.25) is 5.02 Å². The number of nitrogens with one attached hydrogen (secondary N) is 1. The molecule has 0 unspecified atom stereocenters. The molecule has 3 heterocycles. The Morgan fingerprint density at radius 1 is 1.27 bits per heavy atom. The number of carbonyl (C=O) groups is 1. The highest BCUT2D eigenvalue weighted by Crippen LogP contribution is 2.41. The Hall–Kier alpha value is -1.59. The molecule has 1 N–H and O–H groups in total. The maximum Gasteiger partial charge on any atom is 0.275 e. The molecule has 5 nitrogen and oxygen atoms in total. The van der Waals surface area contributed by atoms with E-state index in [0.29, 0.717) is 10.7 Å². The molecule has 4 rings (SSSR count). The Morgan fingerprint density at radius 3 is 2.68 bits per heavy atom. The molecule has 1 aromatic carbocycles. The van der Waals surface area contributed by atoms with Crippen molar-refractivity contribution in [2.24, 2.45) is 0 Å². The van der Waals surface area contributed by atoms with E-state index in [1.807, 2.05) is 17.0 Å². The molecule has 2 aromatic rings. The van der Waals surface area contributed by atoms with Crippen molar-refractivity contribution in [2.75, 3.05) is 26.7 Å². The van der Waals surface area contributed by atoms with Crippen LogP contribution in [0.5, 0.6) is 0 Å². The first-order valence-corrected chi connectivity index (χ1v) is 8.11. The van der Waals surface area contributed by atoms with Crippen molar-refractivity contribution in [3.05, 3.63) is 28.9 Å². The average molecular weight is 319 g/mol. The third-order valence-electron chi connectivity index (χ3n) is 5.26. The maximum atomic E-state index is 13.0. The van der Waals surface area contributed by atoms with Gasteiger partial charge in [0.2, 0.25) is 0 Å². The smallest absolute Gasteiger partial charge is 0.275 e. The molecule has 1 aromatic heterocycles. The lowest BCUT2D eigenvalue weighted by atomic mass is 9.76. The van der Waals surface area contributed by atoms with Crippen molar-refractivity contribution >= 4 is 28.4 Å². The normalized spacial score (nSPS) is 21.3. The highest BCUT2D eigenvalue weighted by atomic mass is 35.5. The number of fused-ring (bicyclic) bond motifs is 1. The van der Waals surface area contributed by atoms with Gasteiger partial charge < -0.3 is 9.80 Å². The zero-order valence-electron chi connectivity index (χ0n) is 12.6. The van der Waals surface area contributed by atoms with Crippen LogP contribution in [0.1, 0.15) is 29.8 Å². The van der Waals surface area contributed by atoms with Gasteiger partial charge >= 0.3 is 0 Å². The van der Waals surface area contributed by atoms with Crippen molar-refractivity contribution in [1.29, 1.82) is 0 Å². The molecule has 1 spiro atoms. The Labute approximate surface area is 134 Å². The van der Waals surface area contributed by atoms with Crippen molar-refractivity contribution in [1.82, 2.24) is 20.0 Å². The predicted molar refractivity (Wildman–Crippen MR) is 86.2 cm³/mol. The van der Waals surface area contributed by atoms with Crippen LogP contribution >= 0.6 is 11.6 Å². The van der Waals surface area contributed by atoms with Gasteiger partial charge in [-0.2, -0.15) is 5.10 Å². The van der Waals surface area contributed by atoms with Crippen LogP contribution in [0.3, 0.4) is 0 Å². The number of rotatable bonds is 1. The van der Waals surface area contributed by atoms with E-state index in [-0.39, 0.29) is 11.4 Å². The summed E-state index contributed by atoms with van der Waals surface area (Å²) in [5.41, 5.74) is 1.40. The van der Waals surface area contributed by atoms with Crippen molar-refractivity contribution < 1.29 is 4.79 Å². The number of aromatic amines is 1. The number of nitrogens with zero attached hydrogens (tertiary/aromatic N) is 3. The predicted octanol–water partition coefficient (Wildman–Crippen LogP) is 2.53. The average Bonchev–Trinajstić information content (AvgIpc) is 2.90. The van der Waals surface area contributed by atoms with Gasteiger partial charge in [-0.1, -0.05) is 11.6 Å². The molecule has 0 saturated carbocycles. The number of likely N-dealkylation sites (tertiary alicyclic amines) is 2. The molecule has 6 heteroatoms. The summed E-state index contributed by atoms with van der Waals surface area (Å²) in [4.78, 5) is 17.3. The minimum atomic E-state index is 0.0318. The van der Waals surface area contributed by atoms with Crippen LogP contribution in [-0.2, 0) is 0 Å². The Balaban J connectivity index is 1.65. The lowest BCUT2D eigenvalue weighted by molar-refractivity contribution is -0.0352. The first kappa shape index (κ1) is 14.0. The highest BCUT2D eigenvalue weighted by molar-refractivity contribution is 6.31. The van der Waals surface area contributed by atoms with Crippen molar-refractivity contribution in [3.63, 3.8) is 0 Å². The zero-order chi connectivity index (χ0) is 15.3. The van der Waals surface area contributed by atoms with E-state index in [9.17, 15) is 4.79 Å². The molecule has 1 amide bonds. The van der Waals surface area contributed by atoms with Crippen LogP contribution < -0.4 is 0 Å². The molecule has 116 valence electrons. The fourth-order valence-electron chi connectivity index (χ4n) is 3.69. The summed E-state index contributed by atoms with van der Waals surface area (Å²) in [5.74, 6) is 0.0318. The van der Waals surface area contributed by atoms with Crippen LogP contribution in [-0.4, -0.2) is 58.1 Å². The summed E-state index contributed by atoms with van der Waals surface area (Å²) >= 11 is 6.07. The van der Waals surface area contributed by atoms with Gasteiger partial charge in [0, 0.05) is 35.6 Å². The zero-order valence-corrected chi connectivity index (χ0v) is 13.4. The van der Waals surface area contributed by atoms with Crippen LogP contribution in [0, 0.1) is 0 Å². The van der Waals surface area contributed by atoms with E-state index in [1.54, 1.807) is 6.07 Å². The monoisotopic (exact) mass is 318 g/mol. The standard InChI is InChI=1S/C16H19ClN4O/c1-20-7-4-16(5-8-20)6-9-21(16)15(22)14-12-10-11(17)2-3-13(12)18-19-14/h2-3,10H,4-9H2,1H3,(H,18,19). The summed E-state index contributed by atoms with van der Waals surface area (Å²) in [7, 11) is 2.14. The minimum absolute atomic E-state index is 0.0318. The number of aromatic nitrogens is 2. The summed E-state index contributed by atoms with van der Waals surface area (Å²) in [6.07, 6.45) is 3.21. The molecule has 2 saturated heterocycles. The number of piperidine rings is 1. The molecular formula is C16H19ClN4O. The topological polar surface area (TPSA) is 52.2 Å². The highest BCUT2D eigenvalue weighted by Gasteiger charge is 2.49. The minimum Gasteiger partial charge on any atom is -0.331 e. The summed E-state index contributed by atoms with van der Waals surface area (Å²) in [6, 6.07) is 5.48.